The molecule has 1 aromatic carbocycles. The van der Waals surface area contributed by atoms with Gasteiger partial charge in [-0.05, 0) is 44.5 Å². The van der Waals surface area contributed by atoms with E-state index in [2.05, 4.69) is 41.1 Å². The van der Waals surface area contributed by atoms with Crippen LogP contribution in [0.1, 0.15) is 17.7 Å². The van der Waals surface area contributed by atoms with Crippen LogP contribution >= 0.6 is 0 Å². The molecule has 0 aliphatic carbocycles. The molecule has 0 amide bonds. The minimum Gasteiger partial charge on any atom is -0.358 e. The van der Waals surface area contributed by atoms with E-state index < -0.39 is 0 Å². The van der Waals surface area contributed by atoms with Crippen LogP contribution in [0.25, 0.3) is 10.9 Å². The lowest BCUT2D eigenvalue weighted by molar-refractivity contribution is 0.184. The highest BCUT2D eigenvalue weighted by atomic mass is 15.2. The quantitative estimate of drug-likeness (QED) is 0.832. The molecular weight excluding hydrogens is 196 g/mol. The summed E-state index contributed by atoms with van der Waals surface area (Å²) in [5, 5.41) is 1.40. The first kappa shape index (κ1) is 9.91. The van der Waals surface area contributed by atoms with E-state index in [0.717, 1.165) is 0 Å². The van der Waals surface area contributed by atoms with E-state index in [4.69, 9.17) is 0 Å². The maximum absolute atomic E-state index is 3.47. The van der Waals surface area contributed by atoms with Gasteiger partial charge in [-0.3, -0.25) is 0 Å². The van der Waals surface area contributed by atoms with E-state index in [1.807, 2.05) is 0 Å². The first-order valence-corrected chi connectivity index (χ1v) is 6.13. The van der Waals surface area contributed by atoms with Crippen molar-refractivity contribution in [1.29, 1.82) is 0 Å². The summed E-state index contributed by atoms with van der Waals surface area (Å²) in [6, 6.07) is 8.61. The Balaban J connectivity index is 1.86. The standard InChI is InChI=1S/C14H18N2/c1-11-12(7-10-16-8-4-9-16)13-5-2-3-6-14(13)15-11/h2-3,5-6,15H,4,7-10H2,1H3. The molecule has 1 aliphatic rings. The number of aryl methyl sites for hydroxylation is 1. The van der Waals surface area contributed by atoms with Gasteiger partial charge in [0.05, 0.1) is 0 Å². The fraction of sp³-hybridized carbons (Fsp3) is 0.429. The van der Waals surface area contributed by atoms with Crippen LogP contribution in [0.15, 0.2) is 24.3 Å². The van der Waals surface area contributed by atoms with Gasteiger partial charge in [-0.15, -0.1) is 0 Å². The van der Waals surface area contributed by atoms with Gasteiger partial charge >= 0.3 is 0 Å². The number of aromatic amines is 1. The lowest BCUT2D eigenvalue weighted by Crippen LogP contribution is -2.38. The van der Waals surface area contributed by atoms with Gasteiger partial charge in [0.2, 0.25) is 0 Å². The Bertz CT molecular complexity index is 494. The summed E-state index contributed by atoms with van der Waals surface area (Å²) >= 11 is 0. The van der Waals surface area contributed by atoms with E-state index in [1.54, 1.807) is 0 Å². The molecule has 2 nitrogen and oxygen atoms in total. The van der Waals surface area contributed by atoms with E-state index >= 15 is 0 Å². The number of nitrogens with one attached hydrogen (secondary N) is 1. The number of likely N-dealkylation sites (tertiary alicyclic amines) is 1. The molecule has 16 heavy (non-hydrogen) atoms. The van der Waals surface area contributed by atoms with Gasteiger partial charge in [-0.25, -0.2) is 0 Å². The fourth-order valence-electron chi connectivity index (χ4n) is 2.53. The summed E-state index contributed by atoms with van der Waals surface area (Å²) in [5.74, 6) is 0. The molecule has 0 bridgehead atoms. The topological polar surface area (TPSA) is 19.0 Å². The van der Waals surface area contributed by atoms with Crippen LogP contribution in [0, 0.1) is 6.92 Å². The Hall–Kier alpha value is -1.28. The number of hydrogen-bond donors (Lipinski definition) is 1. The number of fused-ring (bicyclic) bond motifs is 1. The van der Waals surface area contributed by atoms with Crippen molar-refractivity contribution in [2.75, 3.05) is 19.6 Å². The Morgan fingerprint density at radius 1 is 1.25 bits per heavy atom. The number of H-pyrrole nitrogens is 1. The van der Waals surface area contributed by atoms with Crippen LogP contribution in [0.3, 0.4) is 0 Å². The zero-order chi connectivity index (χ0) is 11.0. The molecule has 0 saturated carbocycles. The third-order valence-corrected chi connectivity index (χ3v) is 3.65. The molecule has 1 aromatic heterocycles. The van der Waals surface area contributed by atoms with Gasteiger partial charge in [-0.1, -0.05) is 18.2 Å². The second kappa shape index (κ2) is 3.95. The molecule has 1 aliphatic heterocycles. The lowest BCUT2D eigenvalue weighted by Gasteiger charge is -2.30. The summed E-state index contributed by atoms with van der Waals surface area (Å²) in [6.45, 7) is 5.98. The minimum absolute atomic E-state index is 1.18. The van der Waals surface area contributed by atoms with Gasteiger partial charge in [-0.2, -0.15) is 0 Å². The average molecular weight is 214 g/mol. The van der Waals surface area contributed by atoms with Crippen molar-refractivity contribution in [3.63, 3.8) is 0 Å². The second-order valence-corrected chi connectivity index (χ2v) is 4.72. The molecule has 2 heterocycles. The average Bonchev–Trinajstić information content (AvgIpc) is 2.53. The molecule has 2 heteroatoms. The van der Waals surface area contributed by atoms with Crippen LogP contribution in [0.2, 0.25) is 0 Å². The summed E-state index contributed by atoms with van der Waals surface area (Å²) in [7, 11) is 0. The van der Waals surface area contributed by atoms with Gasteiger partial charge in [0.1, 0.15) is 0 Å². The van der Waals surface area contributed by atoms with Crippen LogP contribution in [-0.2, 0) is 6.42 Å². The summed E-state index contributed by atoms with van der Waals surface area (Å²) in [6.07, 6.45) is 2.56. The maximum Gasteiger partial charge on any atom is 0.0458 e. The van der Waals surface area contributed by atoms with Crippen molar-refractivity contribution in [3.8, 4) is 0 Å². The van der Waals surface area contributed by atoms with Crippen molar-refractivity contribution in [1.82, 2.24) is 9.88 Å². The third-order valence-electron chi connectivity index (χ3n) is 3.65. The number of benzene rings is 1. The van der Waals surface area contributed by atoms with E-state index in [-0.39, 0.29) is 0 Å². The highest BCUT2D eigenvalue weighted by molar-refractivity contribution is 5.84. The van der Waals surface area contributed by atoms with Crippen LogP contribution in [0.5, 0.6) is 0 Å². The van der Waals surface area contributed by atoms with E-state index in [0.29, 0.717) is 0 Å². The Labute approximate surface area is 96.3 Å². The molecule has 84 valence electrons. The summed E-state index contributed by atoms with van der Waals surface area (Å²) < 4.78 is 0. The maximum atomic E-state index is 3.47. The number of rotatable bonds is 3. The molecule has 3 rings (SSSR count). The van der Waals surface area contributed by atoms with Gasteiger partial charge in [0, 0.05) is 23.1 Å². The van der Waals surface area contributed by atoms with E-state index in [9.17, 15) is 0 Å². The smallest absolute Gasteiger partial charge is 0.0458 e. The summed E-state index contributed by atoms with van der Waals surface area (Å²) in [4.78, 5) is 6.00. The second-order valence-electron chi connectivity index (χ2n) is 4.72. The highest BCUT2D eigenvalue weighted by Gasteiger charge is 2.15. The van der Waals surface area contributed by atoms with Gasteiger partial charge < -0.3 is 9.88 Å². The molecule has 2 aromatic rings. The van der Waals surface area contributed by atoms with E-state index in [1.165, 1.54) is 54.6 Å². The predicted molar refractivity (Wildman–Crippen MR) is 67.8 cm³/mol. The minimum atomic E-state index is 1.18. The zero-order valence-corrected chi connectivity index (χ0v) is 9.79. The van der Waals surface area contributed by atoms with Crippen molar-refractivity contribution in [2.45, 2.75) is 19.8 Å². The van der Waals surface area contributed by atoms with Crippen molar-refractivity contribution in [2.24, 2.45) is 0 Å². The Morgan fingerprint density at radius 3 is 2.81 bits per heavy atom. The molecule has 0 spiro atoms. The fourth-order valence-corrected chi connectivity index (χ4v) is 2.53. The normalized spacial score (nSPS) is 16.6. The third kappa shape index (κ3) is 1.63. The first-order chi connectivity index (χ1) is 7.84. The molecule has 1 saturated heterocycles. The molecule has 0 unspecified atom stereocenters. The number of hydrogen-bond acceptors (Lipinski definition) is 1. The van der Waals surface area contributed by atoms with Crippen LogP contribution in [-0.4, -0.2) is 29.5 Å². The van der Waals surface area contributed by atoms with Crippen molar-refractivity contribution >= 4 is 10.9 Å². The number of aromatic nitrogens is 1. The van der Waals surface area contributed by atoms with Crippen molar-refractivity contribution < 1.29 is 0 Å². The SMILES string of the molecule is Cc1[nH]c2ccccc2c1CCN1CCC1. The Kier molecular flexibility index (Phi) is 2.44. The number of para-hydroxylation sites is 1. The molecule has 1 fully saturated rings. The summed E-state index contributed by atoms with van der Waals surface area (Å²) in [5.41, 5.74) is 4.11. The van der Waals surface area contributed by atoms with Gasteiger partial charge in [0.25, 0.3) is 0 Å². The van der Waals surface area contributed by atoms with Crippen LogP contribution in [0.4, 0.5) is 0 Å². The largest absolute Gasteiger partial charge is 0.358 e. The number of nitrogens with zero attached hydrogens (tertiary/aromatic N) is 1. The molecular formula is C14H18N2. The van der Waals surface area contributed by atoms with Crippen LogP contribution < -0.4 is 0 Å². The zero-order valence-electron chi connectivity index (χ0n) is 9.79. The highest BCUT2D eigenvalue weighted by Crippen LogP contribution is 2.22. The van der Waals surface area contributed by atoms with Crippen molar-refractivity contribution in [3.05, 3.63) is 35.5 Å². The Morgan fingerprint density at radius 2 is 2.06 bits per heavy atom. The first-order valence-electron chi connectivity index (χ1n) is 6.13. The molecule has 1 N–H and O–H groups in total. The lowest BCUT2D eigenvalue weighted by atomic mass is 10.1. The molecule has 0 radical (unpaired) electrons. The monoisotopic (exact) mass is 214 g/mol. The van der Waals surface area contributed by atoms with Gasteiger partial charge in [0.15, 0.2) is 0 Å². The molecule has 0 atom stereocenters. The predicted octanol–water partition coefficient (Wildman–Crippen LogP) is 2.72.